The van der Waals surface area contributed by atoms with E-state index >= 15 is 0 Å². The van der Waals surface area contributed by atoms with Gasteiger partial charge in [0.1, 0.15) is 11.7 Å². The average Bonchev–Trinajstić information content (AvgIpc) is 2.70. The number of unbranched alkanes of at least 4 members (excludes halogenated alkanes) is 1. The van der Waals surface area contributed by atoms with E-state index in [0.29, 0.717) is 12.1 Å². The lowest BCUT2D eigenvalue weighted by Gasteiger charge is -2.13. The molecule has 0 saturated heterocycles. The molecule has 0 unspecified atom stereocenters. The molecule has 6 nitrogen and oxygen atoms in total. The summed E-state index contributed by atoms with van der Waals surface area (Å²) in [7, 11) is 1.68. The number of imidazole rings is 1. The number of aryl methyl sites for hydroxylation is 1. The maximum atomic E-state index is 11.8. The van der Waals surface area contributed by atoms with Crippen molar-refractivity contribution < 1.29 is 14.7 Å². The predicted molar refractivity (Wildman–Crippen MR) is 61.6 cm³/mol. The maximum Gasteiger partial charge on any atom is 0.326 e. The smallest absolute Gasteiger partial charge is 0.326 e. The van der Waals surface area contributed by atoms with E-state index in [-0.39, 0.29) is 0 Å². The van der Waals surface area contributed by atoms with Crippen molar-refractivity contribution in [3.63, 3.8) is 0 Å². The van der Waals surface area contributed by atoms with Gasteiger partial charge in [0, 0.05) is 7.05 Å². The second-order valence-corrected chi connectivity index (χ2v) is 3.90. The fraction of sp³-hybridized carbons (Fsp3) is 0.545. The third-order valence-electron chi connectivity index (χ3n) is 2.50. The van der Waals surface area contributed by atoms with E-state index in [1.807, 2.05) is 6.92 Å². The van der Waals surface area contributed by atoms with Crippen molar-refractivity contribution in [3.05, 3.63) is 18.2 Å². The summed E-state index contributed by atoms with van der Waals surface area (Å²) in [6.45, 7) is 1.97. The molecule has 94 valence electrons. The Balaban J connectivity index is 2.64. The molecule has 0 radical (unpaired) electrons. The number of carboxylic acid groups (broad SMARTS) is 1. The highest BCUT2D eigenvalue weighted by Crippen LogP contribution is 2.03. The van der Waals surface area contributed by atoms with Crippen molar-refractivity contribution in [2.24, 2.45) is 7.05 Å². The standard InChI is InChI=1S/C11H17N3O3/c1-3-4-5-8(11(16)17)13-10(15)9-6-12-7-14(9)2/h6-8H,3-5H2,1-2H3,(H,13,15)(H,16,17)/t8-/m0/s1. The van der Waals surface area contributed by atoms with Gasteiger partial charge in [-0.2, -0.15) is 0 Å². The Kier molecular flexibility index (Phi) is 4.68. The lowest BCUT2D eigenvalue weighted by atomic mass is 10.1. The maximum absolute atomic E-state index is 11.8. The average molecular weight is 239 g/mol. The molecule has 0 bridgehead atoms. The molecule has 1 aromatic heterocycles. The van der Waals surface area contributed by atoms with Gasteiger partial charge in [0.2, 0.25) is 0 Å². The molecule has 1 rings (SSSR count). The van der Waals surface area contributed by atoms with Crippen molar-refractivity contribution >= 4 is 11.9 Å². The van der Waals surface area contributed by atoms with E-state index in [1.54, 1.807) is 11.6 Å². The van der Waals surface area contributed by atoms with E-state index in [9.17, 15) is 9.59 Å². The highest BCUT2D eigenvalue weighted by molar-refractivity contribution is 5.94. The van der Waals surface area contributed by atoms with Crippen molar-refractivity contribution in [2.75, 3.05) is 0 Å². The summed E-state index contributed by atoms with van der Waals surface area (Å²) in [4.78, 5) is 26.5. The van der Waals surface area contributed by atoms with Crippen LogP contribution in [0.25, 0.3) is 0 Å². The molecular weight excluding hydrogens is 222 g/mol. The number of hydrogen-bond acceptors (Lipinski definition) is 3. The number of carboxylic acids is 1. The van der Waals surface area contributed by atoms with Gasteiger partial charge in [0.05, 0.1) is 12.5 Å². The first-order valence-electron chi connectivity index (χ1n) is 5.56. The number of aromatic nitrogens is 2. The minimum absolute atomic E-state index is 0.354. The van der Waals surface area contributed by atoms with E-state index in [2.05, 4.69) is 10.3 Å². The highest BCUT2D eigenvalue weighted by atomic mass is 16.4. The second kappa shape index (κ2) is 6.03. The van der Waals surface area contributed by atoms with Crippen LogP contribution >= 0.6 is 0 Å². The van der Waals surface area contributed by atoms with Gasteiger partial charge in [-0.3, -0.25) is 4.79 Å². The van der Waals surface area contributed by atoms with Crippen molar-refractivity contribution in [2.45, 2.75) is 32.2 Å². The molecule has 0 saturated carbocycles. The van der Waals surface area contributed by atoms with E-state index in [1.165, 1.54) is 12.5 Å². The number of nitrogens with one attached hydrogen (secondary N) is 1. The Morgan fingerprint density at radius 1 is 1.59 bits per heavy atom. The van der Waals surface area contributed by atoms with E-state index in [0.717, 1.165) is 12.8 Å². The van der Waals surface area contributed by atoms with Crippen molar-refractivity contribution in [1.82, 2.24) is 14.9 Å². The van der Waals surface area contributed by atoms with Crippen LogP contribution in [0.5, 0.6) is 0 Å². The predicted octanol–water partition coefficient (Wildman–Crippen LogP) is 0.793. The van der Waals surface area contributed by atoms with E-state index in [4.69, 9.17) is 5.11 Å². The third-order valence-corrected chi connectivity index (χ3v) is 2.50. The van der Waals surface area contributed by atoms with Crippen LogP contribution in [-0.2, 0) is 11.8 Å². The van der Waals surface area contributed by atoms with Crippen LogP contribution in [0.3, 0.4) is 0 Å². The Morgan fingerprint density at radius 3 is 2.76 bits per heavy atom. The molecule has 17 heavy (non-hydrogen) atoms. The highest BCUT2D eigenvalue weighted by Gasteiger charge is 2.21. The molecule has 1 heterocycles. The summed E-state index contributed by atoms with van der Waals surface area (Å²) in [5, 5.41) is 11.5. The monoisotopic (exact) mass is 239 g/mol. The summed E-state index contributed by atoms with van der Waals surface area (Å²) >= 11 is 0. The summed E-state index contributed by atoms with van der Waals surface area (Å²) in [5.41, 5.74) is 0.354. The zero-order chi connectivity index (χ0) is 12.8. The normalized spacial score (nSPS) is 12.1. The van der Waals surface area contributed by atoms with Crippen LogP contribution in [0.2, 0.25) is 0 Å². The zero-order valence-corrected chi connectivity index (χ0v) is 10.0. The number of aliphatic carboxylic acids is 1. The molecule has 0 aliphatic heterocycles. The molecule has 0 fully saturated rings. The molecule has 1 atom stereocenters. The number of nitrogens with zero attached hydrogens (tertiary/aromatic N) is 2. The lowest BCUT2D eigenvalue weighted by Crippen LogP contribution is -2.41. The number of carbonyl (C=O) groups excluding carboxylic acids is 1. The van der Waals surface area contributed by atoms with E-state index < -0.39 is 17.9 Å². The summed E-state index contributed by atoms with van der Waals surface area (Å²) in [6, 6.07) is -0.836. The van der Waals surface area contributed by atoms with Crippen LogP contribution in [0, 0.1) is 0 Å². The Hall–Kier alpha value is -1.85. The Labute approximate surface area is 99.7 Å². The molecule has 0 aliphatic rings. The first kappa shape index (κ1) is 13.2. The van der Waals surface area contributed by atoms with Crippen LogP contribution in [0.15, 0.2) is 12.5 Å². The molecule has 0 spiro atoms. The van der Waals surface area contributed by atoms with Crippen LogP contribution in [0.4, 0.5) is 0 Å². The molecule has 1 aromatic rings. The van der Waals surface area contributed by atoms with Crippen molar-refractivity contribution in [3.8, 4) is 0 Å². The number of rotatable bonds is 6. The second-order valence-electron chi connectivity index (χ2n) is 3.90. The summed E-state index contributed by atoms with van der Waals surface area (Å²) in [5.74, 6) is -1.41. The van der Waals surface area contributed by atoms with Gasteiger partial charge in [-0.25, -0.2) is 9.78 Å². The fourth-order valence-electron chi connectivity index (χ4n) is 1.47. The van der Waals surface area contributed by atoms with Gasteiger partial charge in [-0.1, -0.05) is 19.8 Å². The number of carbonyl (C=O) groups is 2. The number of amides is 1. The molecule has 0 aromatic carbocycles. The minimum atomic E-state index is -1.01. The Bertz CT molecular complexity index is 400. The molecule has 0 aliphatic carbocycles. The molecular formula is C11H17N3O3. The minimum Gasteiger partial charge on any atom is -0.480 e. The topological polar surface area (TPSA) is 84.2 Å². The summed E-state index contributed by atoms with van der Waals surface area (Å²) < 4.78 is 1.55. The van der Waals surface area contributed by atoms with Gasteiger partial charge in [0.25, 0.3) is 5.91 Å². The number of hydrogen-bond donors (Lipinski definition) is 2. The van der Waals surface area contributed by atoms with Gasteiger partial charge in [-0.05, 0) is 6.42 Å². The van der Waals surface area contributed by atoms with Crippen LogP contribution in [0.1, 0.15) is 36.7 Å². The third kappa shape index (κ3) is 3.58. The Morgan fingerprint density at radius 2 is 2.29 bits per heavy atom. The van der Waals surface area contributed by atoms with Gasteiger partial charge in [0.15, 0.2) is 0 Å². The first-order chi connectivity index (χ1) is 8.06. The molecule has 2 N–H and O–H groups in total. The zero-order valence-electron chi connectivity index (χ0n) is 10.0. The fourth-order valence-corrected chi connectivity index (χ4v) is 1.47. The van der Waals surface area contributed by atoms with Crippen LogP contribution in [-0.4, -0.2) is 32.6 Å². The van der Waals surface area contributed by atoms with Gasteiger partial charge >= 0.3 is 5.97 Å². The van der Waals surface area contributed by atoms with Gasteiger partial charge in [-0.15, -0.1) is 0 Å². The largest absolute Gasteiger partial charge is 0.480 e. The van der Waals surface area contributed by atoms with Crippen LogP contribution < -0.4 is 5.32 Å². The van der Waals surface area contributed by atoms with Crippen molar-refractivity contribution in [1.29, 1.82) is 0 Å². The van der Waals surface area contributed by atoms with Gasteiger partial charge < -0.3 is 15.0 Å². The quantitative estimate of drug-likeness (QED) is 0.768. The first-order valence-corrected chi connectivity index (χ1v) is 5.56. The molecule has 1 amide bonds. The summed E-state index contributed by atoms with van der Waals surface area (Å²) in [6.07, 6.45) is 5.01. The SMILES string of the molecule is CCCC[C@H](NC(=O)c1cncn1C)C(=O)O. The molecule has 6 heteroatoms. The lowest BCUT2D eigenvalue weighted by molar-refractivity contribution is -0.139.